The van der Waals surface area contributed by atoms with Crippen molar-refractivity contribution < 1.29 is 14.3 Å². The number of hydrogen-bond donors (Lipinski definition) is 2. The smallest absolute Gasteiger partial charge is 0.279 e. The highest BCUT2D eigenvalue weighted by Gasteiger charge is 2.17. The zero-order valence-electron chi connectivity index (χ0n) is 12.2. The van der Waals surface area contributed by atoms with Crippen LogP contribution in [0.5, 0.6) is 5.75 Å². The van der Waals surface area contributed by atoms with Crippen LogP contribution >= 0.6 is 23.2 Å². The standard InChI is InChI=1S/C16H14Cl2N2O3/c1-10(23-14-8-7-12(17)9-13(14)18)15(21)19-20-16(22)11-5-3-2-4-6-11/h2-10H,1H3,(H,19,21)(H,20,22)/t10-/m0/s1. The van der Waals surface area contributed by atoms with Gasteiger partial charge in [-0.25, -0.2) is 0 Å². The molecule has 0 radical (unpaired) electrons. The molecule has 0 aliphatic carbocycles. The Balaban J connectivity index is 1.89. The van der Waals surface area contributed by atoms with Gasteiger partial charge >= 0.3 is 0 Å². The molecule has 0 fully saturated rings. The third-order valence-corrected chi connectivity index (χ3v) is 3.43. The molecule has 2 amide bonds. The molecule has 0 heterocycles. The summed E-state index contributed by atoms with van der Waals surface area (Å²) in [5, 5.41) is 0.764. The van der Waals surface area contributed by atoms with E-state index in [1.54, 1.807) is 42.5 Å². The lowest BCUT2D eigenvalue weighted by atomic mass is 10.2. The van der Waals surface area contributed by atoms with Gasteiger partial charge in [0.15, 0.2) is 6.10 Å². The van der Waals surface area contributed by atoms with Crippen molar-refractivity contribution >= 4 is 35.0 Å². The molecule has 0 unspecified atom stereocenters. The molecule has 7 heteroatoms. The lowest BCUT2D eigenvalue weighted by Crippen LogP contribution is -2.47. The molecule has 0 spiro atoms. The zero-order valence-corrected chi connectivity index (χ0v) is 13.7. The minimum Gasteiger partial charge on any atom is -0.479 e. The van der Waals surface area contributed by atoms with E-state index in [1.165, 1.54) is 13.0 Å². The van der Waals surface area contributed by atoms with Gasteiger partial charge in [-0.15, -0.1) is 0 Å². The highest BCUT2D eigenvalue weighted by molar-refractivity contribution is 6.35. The first-order valence-electron chi connectivity index (χ1n) is 6.74. The maximum atomic E-state index is 11.9. The SMILES string of the molecule is C[C@H](Oc1ccc(Cl)cc1Cl)C(=O)NNC(=O)c1ccccc1. The molecule has 2 aromatic carbocycles. The Labute approximate surface area is 143 Å². The highest BCUT2D eigenvalue weighted by atomic mass is 35.5. The maximum Gasteiger partial charge on any atom is 0.279 e. The van der Waals surface area contributed by atoms with E-state index in [9.17, 15) is 9.59 Å². The number of carbonyl (C=O) groups is 2. The van der Waals surface area contributed by atoms with Crippen molar-refractivity contribution in [2.24, 2.45) is 0 Å². The first-order chi connectivity index (χ1) is 11.0. The van der Waals surface area contributed by atoms with Crippen molar-refractivity contribution in [1.82, 2.24) is 10.9 Å². The Kier molecular flexibility index (Phi) is 5.84. The molecule has 2 rings (SSSR count). The molecule has 0 bridgehead atoms. The number of hydrazine groups is 1. The van der Waals surface area contributed by atoms with Crippen LogP contribution in [0.1, 0.15) is 17.3 Å². The van der Waals surface area contributed by atoms with Gasteiger partial charge < -0.3 is 4.74 Å². The fourth-order valence-electron chi connectivity index (χ4n) is 1.70. The van der Waals surface area contributed by atoms with Crippen molar-refractivity contribution in [3.8, 4) is 5.75 Å². The Morgan fingerprint density at radius 2 is 1.74 bits per heavy atom. The molecule has 2 N–H and O–H groups in total. The van der Waals surface area contributed by atoms with Gasteiger partial charge in [-0.2, -0.15) is 0 Å². The number of halogens is 2. The normalized spacial score (nSPS) is 11.4. The van der Waals surface area contributed by atoms with E-state index in [0.717, 1.165) is 0 Å². The van der Waals surface area contributed by atoms with E-state index >= 15 is 0 Å². The van der Waals surface area contributed by atoms with Crippen molar-refractivity contribution in [1.29, 1.82) is 0 Å². The largest absolute Gasteiger partial charge is 0.479 e. The van der Waals surface area contributed by atoms with Crippen LogP contribution in [0.15, 0.2) is 48.5 Å². The van der Waals surface area contributed by atoms with E-state index in [-0.39, 0.29) is 0 Å². The van der Waals surface area contributed by atoms with Crippen LogP contribution < -0.4 is 15.6 Å². The zero-order chi connectivity index (χ0) is 16.8. The molecule has 1 atom stereocenters. The Morgan fingerprint density at radius 3 is 2.39 bits per heavy atom. The molecule has 120 valence electrons. The van der Waals surface area contributed by atoms with Gasteiger partial charge in [0.05, 0.1) is 5.02 Å². The van der Waals surface area contributed by atoms with Crippen LogP contribution in [0, 0.1) is 0 Å². The summed E-state index contributed by atoms with van der Waals surface area (Å²) >= 11 is 11.8. The van der Waals surface area contributed by atoms with Crippen molar-refractivity contribution in [2.45, 2.75) is 13.0 Å². The summed E-state index contributed by atoms with van der Waals surface area (Å²) in [4.78, 5) is 23.8. The summed E-state index contributed by atoms with van der Waals surface area (Å²) in [5.74, 6) is -0.607. The van der Waals surface area contributed by atoms with Crippen LogP contribution in [0.4, 0.5) is 0 Å². The third kappa shape index (κ3) is 4.87. The molecule has 0 aliphatic heterocycles. The number of nitrogens with one attached hydrogen (secondary N) is 2. The average molecular weight is 353 g/mol. The first-order valence-corrected chi connectivity index (χ1v) is 7.50. The minimum atomic E-state index is -0.857. The van der Waals surface area contributed by atoms with Crippen molar-refractivity contribution in [2.75, 3.05) is 0 Å². The average Bonchev–Trinajstić information content (AvgIpc) is 2.55. The van der Waals surface area contributed by atoms with E-state index in [4.69, 9.17) is 27.9 Å². The summed E-state index contributed by atoms with van der Waals surface area (Å²) in [5.41, 5.74) is 5.05. The molecule has 5 nitrogen and oxygen atoms in total. The summed E-state index contributed by atoms with van der Waals surface area (Å²) in [6.07, 6.45) is -0.857. The van der Waals surface area contributed by atoms with Crippen LogP contribution in [0.3, 0.4) is 0 Å². The van der Waals surface area contributed by atoms with Gasteiger partial charge in [0.2, 0.25) is 0 Å². The van der Waals surface area contributed by atoms with E-state index in [0.29, 0.717) is 21.4 Å². The van der Waals surface area contributed by atoms with Gasteiger partial charge in [-0.05, 0) is 37.3 Å². The van der Waals surface area contributed by atoms with E-state index in [1.807, 2.05) is 0 Å². The Bertz CT molecular complexity index is 708. The molecule has 0 saturated carbocycles. The second-order valence-electron chi connectivity index (χ2n) is 4.64. The fourth-order valence-corrected chi connectivity index (χ4v) is 2.15. The fraction of sp³-hybridized carbons (Fsp3) is 0.125. The third-order valence-electron chi connectivity index (χ3n) is 2.90. The lowest BCUT2D eigenvalue weighted by Gasteiger charge is -2.16. The predicted molar refractivity (Wildman–Crippen MR) is 88.6 cm³/mol. The van der Waals surface area contributed by atoms with Gasteiger partial charge in [0, 0.05) is 10.6 Å². The second-order valence-corrected chi connectivity index (χ2v) is 5.49. The Hall–Kier alpha value is -2.24. The summed E-state index contributed by atoms with van der Waals surface area (Å²) in [7, 11) is 0. The monoisotopic (exact) mass is 352 g/mol. The quantitative estimate of drug-likeness (QED) is 0.830. The summed E-state index contributed by atoms with van der Waals surface area (Å²) in [6, 6.07) is 13.2. The topological polar surface area (TPSA) is 67.4 Å². The number of carbonyl (C=O) groups excluding carboxylic acids is 2. The molecule has 0 aromatic heterocycles. The molecule has 2 aromatic rings. The van der Waals surface area contributed by atoms with Crippen LogP contribution in [0.25, 0.3) is 0 Å². The number of hydrogen-bond acceptors (Lipinski definition) is 3. The predicted octanol–water partition coefficient (Wildman–Crippen LogP) is 3.22. The van der Waals surface area contributed by atoms with E-state index in [2.05, 4.69) is 10.9 Å². The number of rotatable bonds is 4. The van der Waals surface area contributed by atoms with Gasteiger partial charge in [0.25, 0.3) is 11.8 Å². The molecular weight excluding hydrogens is 339 g/mol. The van der Waals surface area contributed by atoms with Crippen LogP contribution in [-0.4, -0.2) is 17.9 Å². The number of ether oxygens (including phenoxy) is 1. The molecule has 23 heavy (non-hydrogen) atoms. The Morgan fingerprint density at radius 1 is 1.04 bits per heavy atom. The molecule has 0 aliphatic rings. The first kappa shape index (κ1) is 17.1. The van der Waals surface area contributed by atoms with Crippen LogP contribution in [0.2, 0.25) is 10.0 Å². The lowest BCUT2D eigenvalue weighted by molar-refractivity contribution is -0.128. The molecule has 0 saturated heterocycles. The highest BCUT2D eigenvalue weighted by Crippen LogP contribution is 2.28. The maximum absolute atomic E-state index is 11.9. The summed E-state index contributed by atoms with van der Waals surface area (Å²) < 4.78 is 5.45. The van der Waals surface area contributed by atoms with Gasteiger partial charge in [0.1, 0.15) is 5.75 Å². The summed E-state index contributed by atoms with van der Waals surface area (Å²) in [6.45, 7) is 1.54. The van der Waals surface area contributed by atoms with Crippen LogP contribution in [-0.2, 0) is 4.79 Å². The van der Waals surface area contributed by atoms with Gasteiger partial charge in [-0.3, -0.25) is 20.4 Å². The van der Waals surface area contributed by atoms with Crippen molar-refractivity contribution in [3.63, 3.8) is 0 Å². The van der Waals surface area contributed by atoms with Gasteiger partial charge in [-0.1, -0.05) is 41.4 Å². The second kappa shape index (κ2) is 7.85. The number of benzene rings is 2. The van der Waals surface area contributed by atoms with Crippen molar-refractivity contribution in [3.05, 3.63) is 64.1 Å². The van der Waals surface area contributed by atoms with E-state index < -0.39 is 17.9 Å². The molecular formula is C16H14Cl2N2O3. The number of amides is 2. The minimum absolute atomic E-state index is 0.297.